The molecular weight excluding hydrogens is 217 g/mol. The minimum absolute atomic E-state index is 0.313. The number of carboxylic acid groups (broad SMARTS) is 2. The van der Waals surface area contributed by atoms with Gasteiger partial charge in [-0.05, 0) is 24.3 Å². The van der Waals surface area contributed by atoms with E-state index in [4.69, 9.17) is 5.11 Å². The van der Waals surface area contributed by atoms with Gasteiger partial charge in [-0.2, -0.15) is 0 Å². The maximum absolute atomic E-state index is 12.6. The van der Waals surface area contributed by atoms with Crippen molar-refractivity contribution in [3.05, 3.63) is 30.1 Å². The molecule has 5 nitrogen and oxygen atoms in total. The molecule has 0 saturated heterocycles. The van der Waals surface area contributed by atoms with Crippen molar-refractivity contribution in [3.63, 3.8) is 0 Å². The quantitative estimate of drug-likeness (QED) is 0.729. The fourth-order valence-corrected chi connectivity index (χ4v) is 1.21. The molecule has 0 unspecified atom stereocenters. The Morgan fingerprint density at radius 3 is 2.25 bits per heavy atom. The molecule has 6 heteroatoms. The summed E-state index contributed by atoms with van der Waals surface area (Å²) in [4.78, 5) is 22.0. The van der Waals surface area contributed by atoms with E-state index in [1.807, 2.05) is 0 Å². The lowest BCUT2D eigenvalue weighted by Gasteiger charge is -2.23. The summed E-state index contributed by atoms with van der Waals surface area (Å²) in [6, 6.07) is 4.86. The fourth-order valence-electron chi connectivity index (χ4n) is 1.21. The van der Waals surface area contributed by atoms with E-state index >= 15 is 0 Å². The second kappa shape index (κ2) is 5.11. The normalized spacial score (nSPS) is 9.81. The first kappa shape index (κ1) is 12.0. The molecule has 0 bridgehead atoms. The second-order valence-electron chi connectivity index (χ2n) is 3.10. The summed E-state index contributed by atoms with van der Waals surface area (Å²) >= 11 is 0. The molecule has 0 aliphatic rings. The van der Waals surface area contributed by atoms with Gasteiger partial charge < -0.3 is 19.9 Å². The molecule has 0 heterocycles. The largest absolute Gasteiger partial charge is 0.548 e. The molecule has 0 radical (unpaired) electrons. The van der Waals surface area contributed by atoms with Gasteiger partial charge in [0.1, 0.15) is 12.4 Å². The van der Waals surface area contributed by atoms with Crippen molar-refractivity contribution in [1.29, 1.82) is 0 Å². The first-order valence-electron chi connectivity index (χ1n) is 4.41. The lowest BCUT2D eigenvalue weighted by Crippen LogP contribution is -2.40. The van der Waals surface area contributed by atoms with Gasteiger partial charge in [-0.25, -0.2) is 4.39 Å². The molecule has 0 spiro atoms. The Hall–Kier alpha value is -2.11. The first-order valence-corrected chi connectivity index (χ1v) is 4.41. The molecular formula is C10H9FNO4-. The molecule has 1 aromatic rings. The van der Waals surface area contributed by atoms with Gasteiger partial charge in [0.2, 0.25) is 0 Å². The minimum Gasteiger partial charge on any atom is -0.548 e. The Labute approximate surface area is 90.7 Å². The van der Waals surface area contributed by atoms with Gasteiger partial charge in [-0.3, -0.25) is 4.79 Å². The van der Waals surface area contributed by atoms with E-state index in [2.05, 4.69) is 0 Å². The Bertz CT molecular complexity index is 374. The van der Waals surface area contributed by atoms with Crippen LogP contribution in [0, 0.1) is 5.82 Å². The number of carbonyl (C=O) groups is 2. The summed E-state index contributed by atoms with van der Waals surface area (Å²) in [7, 11) is 0. The third-order valence-electron chi connectivity index (χ3n) is 1.84. The Balaban J connectivity index is 2.86. The van der Waals surface area contributed by atoms with Crippen LogP contribution in [-0.2, 0) is 9.59 Å². The lowest BCUT2D eigenvalue weighted by molar-refractivity contribution is -0.303. The average molecular weight is 226 g/mol. The second-order valence-corrected chi connectivity index (χ2v) is 3.10. The number of aliphatic carboxylic acids is 2. The predicted octanol–water partition coefficient (Wildman–Crippen LogP) is -0.533. The van der Waals surface area contributed by atoms with Gasteiger partial charge in [-0.15, -0.1) is 0 Å². The van der Waals surface area contributed by atoms with Crippen LogP contribution >= 0.6 is 0 Å². The van der Waals surface area contributed by atoms with Crippen LogP contribution in [0.25, 0.3) is 0 Å². The van der Waals surface area contributed by atoms with Crippen molar-refractivity contribution in [2.75, 3.05) is 18.0 Å². The molecule has 0 aromatic heterocycles. The number of halogens is 1. The maximum Gasteiger partial charge on any atom is 0.323 e. The first-order chi connectivity index (χ1) is 7.49. The summed E-state index contributed by atoms with van der Waals surface area (Å²) in [6.07, 6.45) is 0. The van der Waals surface area contributed by atoms with E-state index in [1.54, 1.807) is 0 Å². The number of carbonyl (C=O) groups excluding carboxylic acids is 1. The Morgan fingerprint density at radius 1 is 1.25 bits per heavy atom. The van der Waals surface area contributed by atoms with Gasteiger partial charge >= 0.3 is 5.97 Å². The SMILES string of the molecule is O=C([O-])CN(CC(=O)O)c1ccc(F)cc1. The molecule has 1 N–H and O–H groups in total. The van der Waals surface area contributed by atoms with E-state index in [-0.39, 0.29) is 0 Å². The van der Waals surface area contributed by atoms with Crippen molar-refractivity contribution in [2.45, 2.75) is 0 Å². The van der Waals surface area contributed by atoms with Gasteiger partial charge in [0, 0.05) is 5.69 Å². The molecule has 86 valence electrons. The van der Waals surface area contributed by atoms with Crippen molar-refractivity contribution < 1.29 is 24.2 Å². The standard InChI is InChI=1S/C10H10FNO4/c11-7-1-3-8(4-2-7)12(5-9(13)14)6-10(15)16/h1-4H,5-6H2,(H,13,14)(H,15,16)/p-1. The summed E-state index contributed by atoms with van der Waals surface area (Å²) < 4.78 is 12.6. The minimum atomic E-state index is -1.40. The highest BCUT2D eigenvalue weighted by Crippen LogP contribution is 2.13. The smallest absolute Gasteiger partial charge is 0.323 e. The molecule has 1 aromatic carbocycles. The average Bonchev–Trinajstić information content (AvgIpc) is 2.16. The van der Waals surface area contributed by atoms with E-state index in [0.717, 1.165) is 17.0 Å². The van der Waals surface area contributed by atoms with Crippen LogP contribution < -0.4 is 10.0 Å². The predicted molar refractivity (Wildman–Crippen MR) is 51.3 cm³/mol. The van der Waals surface area contributed by atoms with Crippen LogP contribution in [0.2, 0.25) is 0 Å². The van der Waals surface area contributed by atoms with Crippen LogP contribution in [0.15, 0.2) is 24.3 Å². The van der Waals surface area contributed by atoms with E-state index in [9.17, 15) is 19.1 Å². The summed E-state index contributed by atoms with van der Waals surface area (Å²) in [5.41, 5.74) is 0.313. The maximum atomic E-state index is 12.6. The number of hydrogen-bond donors (Lipinski definition) is 1. The van der Waals surface area contributed by atoms with Crippen LogP contribution in [0.3, 0.4) is 0 Å². The van der Waals surface area contributed by atoms with Gasteiger partial charge in [-0.1, -0.05) is 0 Å². The van der Waals surface area contributed by atoms with Crippen LogP contribution in [0.4, 0.5) is 10.1 Å². The molecule has 0 aliphatic carbocycles. The summed E-state index contributed by atoms with van der Waals surface area (Å²) in [5, 5.41) is 19.0. The molecule has 0 atom stereocenters. The zero-order chi connectivity index (χ0) is 12.1. The van der Waals surface area contributed by atoms with Gasteiger partial charge in [0.05, 0.1) is 12.5 Å². The number of hydrogen-bond acceptors (Lipinski definition) is 4. The van der Waals surface area contributed by atoms with Crippen molar-refractivity contribution in [3.8, 4) is 0 Å². The fraction of sp³-hybridized carbons (Fsp3) is 0.200. The third kappa shape index (κ3) is 3.56. The molecule has 0 aliphatic heterocycles. The summed E-state index contributed by atoms with van der Waals surface area (Å²) in [5.74, 6) is -3.05. The van der Waals surface area contributed by atoms with Crippen molar-refractivity contribution >= 4 is 17.6 Å². The Kier molecular flexibility index (Phi) is 3.82. The van der Waals surface area contributed by atoms with Gasteiger partial charge in [0.25, 0.3) is 0 Å². The number of benzene rings is 1. The number of nitrogens with zero attached hydrogens (tertiary/aromatic N) is 1. The number of carboxylic acids is 2. The van der Waals surface area contributed by atoms with E-state index < -0.39 is 30.8 Å². The monoisotopic (exact) mass is 226 g/mol. The molecule has 0 saturated carbocycles. The van der Waals surface area contributed by atoms with Crippen LogP contribution in [0.5, 0.6) is 0 Å². The number of anilines is 1. The zero-order valence-corrected chi connectivity index (χ0v) is 8.22. The molecule has 16 heavy (non-hydrogen) atoms. The van der Waals surface area contributed by atoms with Crippen molar-refractivity contribution in [2.24, 2.45) is 0 Å². The van der Waals surface area contributed by atoms with Crippen molar-refractivity contribution in [1.82, 2.24) is 0 Å². The number of rotatable bonds is 5. The lowest BCUT2D eigenvalue weighted by atomic mass is 10.2. The highest BCUT2D eigenvalue weighted by molar-refractivity contribution is 5.78. The Morgan fingerprint density at radius 2 is 1.81 bits per heavy atom. The zero-order valence-electron chi connectivity index (χ0n) is 8.22. The molecule has 0 amide bonds. The highest BCUT2D eigenvalue weighted by Gasteiger charge is 2.10. The molecule has 1 rings (SSSR count). The third-order valence-corrected chi connectivity index (χ3v) is 1.84. The molecule has 0 fully saturated rings. The van der Waals surface area contributed by atoms with E-state index in [1.165, 1.54) is 12.1 Å². The van der Waals surface area contributed by atoms with Gasteiger partial charge in [0.15, 0.2) is 0 Å². The van der Waals surface area contributed by atoms with Crippen LogP contribution in [-0.4, -0.2) is 30.1 Å². The van der Waals surface area contributed by atoms with E-state index in [0.29, 0.717) is 5.69 Å². The van der Waals surface area contributed by atoms with Crippen LogP contribution in [0.1, 0.15) is 0 Å². The summed E-state index contributed by atoms with van der Waals surface area (Å²) in [6.45, 7) is -1.04. The highest BCUT2D eigenvalue weighted by atomic mass is 19.1. The topological polar surface area (TPSA) is 80.7 Å².